The molecule has 0 heterocycles. The Hall–Kier alpha value is 1.01. The van der Waals surface area contributed by atoms with Crippen LogP contribution in [0.15, 0.2) is 0 Å². The van der Waals surface area contributed by atoms with Gasteiger partial charge in [-0.1, -0.05) is 0 Å². The van der Waals surface area contributed by atoms with Crippen molar-refractivity contribution in [3.8, 4) is 0 Å². The molecular weight excluding hydrogens is 263 g/mol. The van der Waals surface area contributed by atoms with Crippen LogP contribution in [0.5, 0.6) is 0 Å². The van der Waals surface area contributed by atoms with Gasteiger partial charge in [-0.3, -0.25) is 0 Å². The summed E-state index contributed by atoms with van der Waals surface area (Å²) in [5, 5.41) is 0. The van der Waals surface area contributed by atoms with Crippen LogP contribution < -0.4 is 0 Å². The normalized spacial score (nSPS) is 13.2. The van der Waals surface area contributed by atoms with Crippen LogP contribution in [0.4, 0.5) is 0 Å². The van der Waals surface area contributed by atoms with Gasteiger partial charge in [-0.15, -0.1) is 0 Å². The standard InChI is InChI=1S/2C4H9O.2ClH.O.Ti/c2*1-2-3-4-5;;;;/h2*2-4H2,1H3;2*1H;;/q2*-1;;;;+4/p-2. The van der Waals surface area contributed by atoms with E-state index in [0.29, 0.717) is 0 Å². The summed E-state index contributed by atoms with van der Waals surface area (Å²) in [7, 11) is 11.2. The van der Waals surface area contributed by atoms with E-state index in [2.05, 4.69) is 0 Å². The summed E-state index contributed by atoms with van der Waals surface area (Å²) in [5.41, 5.74) is 0. The molecule has 0 unspecified atom stereocenters. The van der Waals surface area contributed by atoms with Crippen molar-refractivity contribution in [2.75, 3.05) is 13.2 Å². The third-order valence-corrected chi connectivity index (χ3v) is 5.51. The van der Waals surface area contributed by atoms with Crippen molar-refractivity contribution >= 4 is 18.6 Å². The zero-order valence-corrected chi connectivity index (χ0v) is 11.8. The molecule has 0 saturated carbocycles. The quantitative estimate of drug-likeness (QED) is 0.501. The molecule has 0 bridgehead atoms. The molecule has 3 nitrogen and oxygen atoms in total. The SMILES string of the molecule is CCCC[O][Ti](=[O])([Cl])([Cl])[O]CCCC. The van der Waals surface area contributed by atoms with E-state index in [1.54, 1.807) is 0 Å². The first-order valence-electron chi connectivity index (χ1n) is 4.98. The number of unbranched alkanes of at least 4 members (excludes halogenated alkanes) is 2. The molecule has 0 atom stereocenters. The molecule has 0 aliphatic rings. The minimum atomic E-state index is -5.21. The van der Waals surface area contributed by atoms with E-state index >= 15 is 0 Å². The Morgan fingerprint density at radius 1 is 1.00 bits per heavy atom. The summed E-state index contributed by atoms with van der Waals surface area (Å²) in [6.07, 6.45) is 3.42. The van der Waals surface area contributed by atoms with Crippen LogP contribution in [0.25, 0.3) is 0 Å². The van der Waals surface area contributed by atoms with Crippen molar-refractivity contribution in [2.45, 2.75) is 39.5 Å². The zero-order chi connectivity index (χ0) is 11.1. The van der Waals surface area contributed by atoms with Gasteiger partial charge in [0.05, 0.1) is 0 Å². The molecule has 0 amide bonds. The van der Waals surface area contributed by atoms with Gasteiger partial charge in [0.25, 0.3) is 0 Å². The van der Waals surface area contributed by atoms with Crippen LogP contribution in [0.1, 0.15) is 39.5 Å². The fraction of sp³-hybridized carbons (Fsp3) is 1.00. The molecule has 0 rings (SSSR count). The predicted octanol–water partition coefficient (Wildman–Crippen LogP) is 3.79. The topological polar surface area (TPSA) is 35.5 Å². The average Bonchev–Trinajstić information content (AvgIpc) is 2.04. The van der Waals surface area contributed by atoms with Crippen molar-refractivity contribution in [1.82, 2.24) is 0 Å². The molecule has 0 spiro atoms. The second-order valence-corrected chi connectivity index (χ2v) is 12.7. The molecule has 0 radical (unpaired) electrons. The summed E-state index contributed by atoms with van der Waals surface area (Å²) in [5.74, 6) is 0. The first-order valence-corrected chi connectivity index (χ1v) is 11.2. The molecule has 0 saturated heterocycles. The van der Waals surface area contributed by atoms with E-state index in [9.17, 15) is 3.32 Å². The van der Waals surface area contributed by atoms with Gasteiger partial charge in [0.1, 0.15) is 0 Å². The van der Waals surface area contributed by atoms with E-state index in [4.69, 9.17) is 25.2 Å². The molecule has 0 aromatic heterocycles. The molecular formula is C8H18Cl2O3Ti. The Balaban J connectivity index is 3.89. The Morgan fingerprint density at radius 2 is 1.36 bits per heavy atom. The second-order valence-electron chi connectivity index (χ2n) is 3.19. The van der Waals surface area contributed by atoms with Crippen LogP contribution in [-0.4, -0.2) is 13.2 Å². The van der Waals surface area contributed by atoms with Gasteiger partial charge >= 0.3 is 95.2 Å². The number of halogens is 2. The number of hydrogen-bond acceptors (Lipinski definition) is 3. The summed E-state index contributed by atoms with van der Waals surface area (Å²) < 4.78 is 21.6. The van der Waals surface area contributed by atoms with Crippen molar-refractivity contribution in [2.24, 2.45) is 0 Å². The third-order valence-electron chi connectivity index (χ3n) is 1.65. The summed E-state index contributed by atoms with van der Waals surface area (Å²) in [6.45, 7) is 4.57. The molecule has 0 aliphatic carbocycles. The van der Waals surface area contributed by atoms with Crippen molar-refractivity contribution in [3.05, 3.63) is 0 Å². The van der Waals surface area contributed by atoms with E-state index in [1.807, 2.05) is 13.8 Å². The van der Waals surface area contributed by atoms with E-state index in [-0.39, 0.29) is 13.2 Å². The van der Waals surface area contributed by atoms with Gasteiger partial charge in [0, 0.05) is 0 Å². The number of rotatable bonds is 8. The van der Waals surface area contributed by atoms with Gasteiger partial charge in [0.15, 0.2) is 0 Å². The van der Waals surface area contributed by atoms with Gasteiger partial charge in [0.2, 0.25) is 0 Å². The fourth-order valence-corrected chi connectivity index (χ4v) is 3.65. The van der Waals surface area contributed by atoms with Crippen molar-refractivity contribution < 1.29 is 23.9 Å². The fourth-order valence-electron chi connectivity index (χ4n) is 0.796. The summed E-state index contributed by atoms with van der Waals surface area (Å²) >= 11 is -5.21. The van der Waals surface area contributed by atoms with Crippen LogP contribution in [-0.2, 0) is 23.9 Å². The Bertz CT molecular complexity index is 199. The second kappa shape index (κ2) is 6.57. The molecule has 0 fully saturated rings. The van der Waals surface area contributed by atoms with E-state index < -0.39 is 13.9 Å². The maximum absolute atomic E-state index is 11.7. The summed E-state index contributed by atoms with van der Waals surface area (Å²) in [4.78, 5) is 0. The van der Waals surface area contributed by atoms with Crippen molar-refractivity contribution in [1.29, 1.82) is 0 Å². The van der Waals surface area contributed by atoms with Crippen LogP contribution in [0, 0.1) is 0 Å². The van der Waals surface area contributed by atoms with E-state index in [0.717, 1.165) is 25.7 Å². The average molecular weight is 281 g/mol. The Morgan fingerprint density at radius 3 is 1.64 bits per heavy atom. The molecule has 86 valence electrons. The Kier molecular flexibility index (Phi) is 7.04. The van der Waals surface area contributed by atoms with Gasteiger partial charge in [-0.05, 0) is 0 Å². The van der Waals surface area contributed by atoms with Gasteiger partial charge < -0.3 is 0 Å². The molecule has 14 heavy (non-hydrogen) atoms. The van der Waals surface area contributed by atoms with E-state index in [1.165, 1.54) is 0 Å². The molecule has 6 heteroatoms. The predicted molar refractivity (Wildman–Crippen MR) is 54.1 cm³/mol. The maximum atomic E-state index is 11.7. The first-order chi connectivity index (χ1) is 6.39. The zero-order valence-electron chi connectivity index (χ0n) is 8.72. The molecule has 0 N–H and O–H groups in total. The third kappa shape index (κ3) is 8.33. The van der Waals surface area contributed by atoms with Crippen LogP contribution in [0.3, 0.4) is 0 Å². The van der Waals surface area contributed by atoms with Crippen LogP contribution in [0.2, 0.25) is 0 Å². The molecule has 0 aromatic carbocycles. The molecule has 0 aliphatic heterocycles. The summed E-state index contributed by atoms with van der Waals surface area (Å²) in [6, 6.07) is 0. The van der Waals surface area contributed by atoms with Crippen molar-refractivity contribution in [3.63, 3.8) is 0 Å². The molecule has 0 aromatic rings. The van der Waals surface area contributed by atoms with Gasteiger partial charge in [-0.25, -0.2) is 0 Å². The van der Waals surface area contributed by atoms with Gasteiger partial charge in [-0.2, -0.15) is 0 Å². The Labute approximate surface area is 95.0 Å². The first kappa shape index (κ1) is 15.0. The monoisotopic (exact) mass is 280 g/mol. The number of hydrogen-bond donors (Lipinski definition) is 0. The van der Waals surface area contributed by atoms with Crippen LogP contribution >= 0.6 is 18.6 Å². The minimum absolute atomic E-state index is 0.288.